The zero-order valence-corrected chi connectivity index (χ0v) is 18.8. The van der Waals surface area contributed by atoms with Gasteiger partial charge in [0.15, 0.2) is 6.10 Å². The third-order valence-electron chi connectivity index (χ3n) is 5.68. The normalized spacial score (nSPS) is 16.1. The molecule has 0 aromatic heterocycles. The highest BCUT2D eigenvalue weighted by Gasteiger charge is 2.35. The Morgan fingerprint density at radius 3 is 2.44 bits per heavy atom. The average Bonchev–Trinajstić information content (AvgIpc) is 3.09. The second-order valence-corrected chi connectivity index (χ2v) is 7.95. The lowest BCUT2D eigenvalue weighted by Gasteiger charge is -2.28. The molecule has 9 nitrogen and oxygen atoms in total. The van der Waals surface area contributed by atoms with Crippen LogP contribution in [-0.2, 0) is 14.3 Å². The predicted octanol–water partition coefficient (Wildman–Crippen LogP) is 2.49. The third kappa shape index (κ3) is 4.69. The minimum absolute atomic E-state index is 0.0786. The number of carbonyl (C=O) groups is 4. The van der Waals surface area contributed by atoms with Crippen LogP contribution in [-0.4, -0.2) is 67.5 Å². The molecule has 3 amide bonds. The number of anilines is 2. The van der Waals surface area contributed by atoms with E-state index in [1.54, 1.807) is 12.1 Å². The molecule has 4 rings (SSSR count). The van der Waals surface area contributed by atoms with Crippen molar-refractivity contribution in [3.63, 3.8) is 0 Å². The van der Waals surface area contributed by atoms with Crippen LogP contribution in [0.15, 0.2) is 55.1 Å². The zero-order valence-electron chi connectivity index (χ0n) is 18.8. The van der Waals surface area contributed by atoms with Crippen molar-refractivity contribution < 1.29 is 28.7 Å². The molecule has 1 unspecified atom stereocenters. The number of fused-ring (bicyclic) bond motifs is 1. The van der Waals surface area contributed by atoms with Gasteiger partial charge < -0.3 is 19.7 Å². The Morgan fingerprint density at radius 2 is 1.76 bits per heavy atom. The molecule has 2 aromatic rings. The van der Waals surface area contributed by atoms with E-state index in [0.29, 0.717) is 18.9 Å². The molecule has 9 heteroatoms. The molecule has 1 atom stereocenters. The SMILES string of the molecule is C=CCN1C(=O)c2ccc(C(=O)OC(C)C(=O)Nc3ccc(N4CCOCC4)cc3)cc2C1=O. The number of carbonyl (C=O) groups excluding carboxylic acids is 4. The quantitative estimate of drug-likeness (QED) is 0.382. The number of morpholine rings is 1. The van der Waals surface area contributed by atoms with Crippen molar-refractivity contribution >= 4 is 35.1 Å². The zero-order chi connectivity index (χ0) is 24.2. The second-order valence-electron chi connectivity index (χ2n) is 7.95. The number of benzene rings is 2. The van der Waals surface area contributed by atoms with Crippen LogP contribution < -0.4 is 10.2 Å². The summed E-state index contributed by atoms with van der Waals surface area (Å²) in [6.45, 7) is 8.08. The van der Waals surface area contributed by atoms with Crippen LogP contribution in [0.1, 0.15) is 38.0 Å². The standard InChI is InChI=1S/C25H25N3O6/c1-3-10-28-23(30)20-9-4-17(15-21(20)24(28)31)25(32)34-16(2)22(29)26-18-5-7-19(8-6-18)27-11-13-33-14-12-27/h3-9,15-16H,1,10-14H2,2H3,(H,26,29). The molecule has 2 aliphatic rings. The fourth-order valence-electron chi connectivity index (χ4n) is 3.82. The number of amides is 3. The van der Waals surface area contributed by atoms with Gasteiger partial charge >= 0.3 is 5.97 Å². The van der Waals surface area contributed by atoms with Crippen molar-refractivity contribution in [1.29, 1.82) is 0 Å². The van der Waals surface area contributed by atoms with Gasteiger partial charge in [0, 0.05) is 31.0 Å². The topological polar surface area (TPSA) is 105 Å². The van der Waals surface area contributed by atoms with Crippen molar-refractivity contribution in [2.24, 2.45) is 0 Å². The van der Waals surface area contributed by atoms with E-state index in [2.05, 4.69) is 16.8 Å². The highest BCUT2D eigenvalue weighted by atomic mass is 16.5. The Morgan fingerprint density at radius 1 is 1.09 bits per heavy atom. The van der Waals surface area contributed by atoms with E-state index in [1.165, 1.54) is 31.2 Å². The van der Waals surface area contributed by atoms with E-state index in [0.717, 1.165) is 23.7 Å². The molecule has 34 heavy (non-hydrogen) atoms. The van der Waals surface area contributed by atoms with Gasteiger partial charge in [-0.25, -0.2) is 4.79 Å². The molecule has 0 saturated carbocycles. The van der Waals surface area contributed by atoms with Gasteiger partial charge in [-0.15, -0.1) is 6.58 Å². The monoisotopic (exact) mass is 463 g/mol. The molecule has 0 bridgehead atoms. The lowest BCUT2D eigenvalue weighted by Crippen LogP contribution is -2.36. The minimum atomic E-state index is -1.07. The van der Waals surface area contributed by atoms with E-state index >= 15 is 0 Å². The summed E-state index contributed by atoms with van der Waals surface area (Å²) in [5.41, 5.74) is 2.04. The summed E-state index contributed by atoms with van der Waals surface area (Å²) in [5, 5.41) is 2.73. The smallest absolute Gasteiger partial charge is 0.338 e. The highest BCUT2D eigenvalue weighted by Crippen LogP contribution is 2.25. The van der Waals surface area contributed by atoms with Crippen LogP contribution in [0.5, 0.6) is 0 Å². The highest BCUT2D eigenvalue weighted by molar-refractivity contribution is 6.22. The molecule has 2 aromatic carbocycles. The molecular formula is C25H25N3O6. The Labute approximate surface area is 196 Å². The van der Waals surface area contributed by atoms with Crippen molar-refractivity contribution in [3.05, 3.63) is 71.8 Å². The number of hydrogen-bond donors (Lipinski definition) is 1. The molecule has 0 aliphatic carbocycles. The molecule has 0 radical (unpaired) electrons. The number of hydrogen-bond acceptors (Lipinski definition) is 7. The molecule has 2 aliphatic heterocycles. The first-order valence-electron chi connectivity index (χ1n) is 10.9. The van der Waals surface area contributed by atoms with E-state index in [4.69, 9.17) is 9.47 Å². The summed E-state index contributed by atoms with van der Waals surface area (Å²) in [4.78, 5) is 53.1. The number of ether oxygens (including phenoxy) is 2. The first-order valence-corrected chi connectivity index (χ1v) is 10.9. The van der Waals surface area contributed by atoms with Gasteiger partial charge in [-0.05, 0) is 49.4 Å². The van der Waals surface area contributed by atoms with Crippen molar-refractivity contribution in [2.75, 3.05) is 43.1 Å². The van der Waals surface area contributed by atoms with Crippen molar-refractivity contribution in [1.82, 2.24) is 4.90 Å². The summed E-state index contributed by atoms with van der Waals surface area (Å²) in [5.74, 6) is -2.19. The summed E-state index contributed by atoms with van der Waals surface area (Å²) < 4.78 is 10.6. The fraction of sp³-hybridized carbons (Fsp3) is 0.280. The molecule has 2 heterocycles. The van der Waals surface area contributed by atoms with Crippen LogP contribution in [0.2, 0.25) is 0 Å². The van der Waals surface area contributed by atoms with E-state index in [1.807, 2.05) is 12.1 Å². The number of nitrogens with one attached hydrogen (secondary N) is 1. The van der Waals surface area contributed by atoms with E-state index in [9.17, 15) is 19.2 Å². The number of nitrogens with zero attached hydrogens (tertiary/aromatic N) is 2. The van der Waals surface area contributed by atoms with Gasteiger partial charge in [0.2, 0.25) is 0 Å². The lowest BCUT2D eigenvalue weighted by atomic mass is 10.1. The molecule has 1 saturated heterocycles. The molecular weight excluding hydrogens is 438 g/mol. The van der Waals surface area contributed by atoms with Crippen molar-refractivity contribution in [2.45, 2.75) is 13.0 Å². The number of esters is 1. The number of rotatable bonds is 7. The maximum absolute atomic E-state index is 12.6. The van der Waals surface area contributed by atoms with Gasteiger partial charge in [-0.3, -0.25) is 19.3 Å². The molecule has 1 fully saturated rings. The summed E-state index contributed by atoms with van der Waals surface area (Å²) in [6, 6.07) is 11.5. The summed E-state index contributed by atoms with van der Waals surface area (Å²) >= 11 is 0. The predicted molar refractivity (Wildman–Crippen MR) is 125 cm³/mol. The van der Waals surface area contributed by atoms with Crippen LogP contribution >= 0.6 is 0 Å². The first-order chi connectivity index (χ1) is 16.4. The van der Waals surface area contributed by atoms with Crippen LogP contribution in [0.3, 0.4) is 0 Å². The van der Waals surface area contributed by atoms with Gasteiger partial charge in [0.05, 0.1) is 29.9 Å². The second kappa shape index (κ2) is 9.88. The molecule has 0 spiro atoms. The van der Waals surface area contributed by atoms with Crippen molar-refractivity contribution in [3.8, 4) is 0 Å². The lowest BCUT2D eigenvalue weighted by molar-refractivity contribution is -0.123. The van der Waals surface area contributed by atoms with Gasteiger partial charge in [0.1, 0.15) is 0 Å². The molecule has 176 valence electrons. The third-order valence-corrected chi connectivity index (χ3v) is 5.68. The Balaban J connectivity index is 1.36. The Kier molecular flexibility index (Phi) is 6.74. The van der Waals surface area contributed by atoms with Gasteiger partial charge in [-0.2, -0.15) is 0 Å². The van der Waals surface area contributed by atoms with Crippen LogP contribution in [0.4, 0.5) is 11.4 Å². The van der Waals surface area contributed by atoms with Gasteiger partial charge in [0.25, 0.3) is 17.7 Å². The average molecular weight is 463 g/mol. The van der Waals surface area contributed by atoms with E-state index < -0.39 is 29.8 Å². The fourth-order valence-corrected chi connectivity index (χ4v) is 3.82. The Hall–Kier alpha value is -3.98. The minimum Gasteiger partial charge on any atom is -0.449 e. The largest absolute Gasteiger partial charge is 0.449 e. The first kappa shape index (κ1) is 23.2. The van der Waals surface area contributed by atoms with Gasteiger partial charge in [-0.1, -0.05) is 6.08 Å². The van der Waals surface area contributed by atoms with Crippen LogP contribution in [0, 0.1) is 0 Å². The Bertz CT molecular complexity index is 1140. The maximum atomic E-state index is 12.6. The number of imide groups is 1. The molecule has 1 N–H and O–H groups in total. The summed E-state index contributed by atoms with van der Waals surface area (Å²) in [6.07, 6.45) is 0.377. The maximum Gasteiger partial charge on any atom is 0.338 e. The summed E-state index contributed by atoms with van der Waals surface area (Å²) in [7, 11) is 0. The van der Waals surface area contributed by atoms with Crippen LogP contribution in [0.25, 0.3) is 0 Å². The van der Waals surface area contributed by atoms with E-state index in [-0.39, 0.29) is 23.2 Å².